The van der Waals surface area contributed by atoms with Crippen molar-refractivity contribution >= 4 is 27.7 Å². The Bertz CT molecular complexity index is 838. The van der Waals surface area contributed by atoms with Crippen molar-refractivity contribution in [3.8, 4) is 0 Å². The predicted octanol–water partition coefficient (Wildman–Crippen LogP) is 1.90. The van der Waals surface area contributed by atoms with Gasteiger partial charge >= 0.3 is 0 Å². The first-order chi connectivity index (χ1) is 12.5. The molecule has 0 spiro atoms. The van der Waals surface area contributed by atoms with E-state index in [9.17, 15) is 14.7 Å². The Hall–Kier alpha value is -2.12. The summed E-state index contributed by atoms with van der Waals surface area (Å²) in [5.74, 6) is -0.350. The van der Waals surface area contributed by atoms with Gasteiger partial charge in [-0.25, -0.2) is 0 Å². The molecule has 1 aliphatic carbocycles. The molecule has 0 unspecified atom stereocenters. The molecule has 1 saturated heterocycles. The van der Waals surface area contributed by atoms with Crippen LogP contribution >= 0.6 is 15.9 Å². The molecule has 26 heavy (non-hydrogen) atoms. The van der Waals surface area contributed by atoms with E-state index in [4.69, 9.17) is 4.42 Å². The van der Waals surface area contributed by atoms with Crippen LogP contribution in [0.1, 0.15) is 28.1 Å². The number of halogens is 1. The number of hydrogen-bond donors (Lipinski definition) is 2. The lowest BCUT2D eigenvalue weighted by atomic mass is 9.98. The quantitative estimate of drug-likeness (QED) is 0.797. The van der Waals surface area contributed by atoms with Crippen LogP contribution < -0.4 is 5.32 Å². The van der Waals surface area contributed by atoms with Gasteiger partial charge in [0.1, 0.15) is 0 Å². The van der Waals surface area contributed by atoms with Crippen molar-refractivity contribution in [3.63, 3.8) is 0 Å². The molecule has 1 atom stereocenters. The smallest absolute Gasteiger partial charge is 0.288 e. The molecule has 136 valence electrons. The van der Waals surface area contributed by atoms with Crippen LogP contribution in [0.3, 0.4) is 0 Å². The Morgan fingerprint density at radius 2 is 1.92 bits per heavy atom. The van der Waals surface area contributed by atoms with Crippen molar-refractivity contribution in [3.05, 3.63) is 58.0 Å². The van der Waals surface area contributed by atoms with Crippen LogP contribution in [0.4, 0.5) is 0 Å². The number of nitrogens with zero attached hydrogens (tertiary/aromatic N) is 1. The molecule has 2 N–H and O–H groups in total. The fourth-order valence-corrected chi connectivity index (χ4v) is 4.19. The molecule has 0 saturated carbocycles. The van der Waals surface area contributed by atoms with Gasteiger partial charge in [0.25, 0.3) is 11.8 Å². The van der Waals surface area contributed by atoms with Crippen LogP contribution in [0, 0.1) is 0 Å². The van der Waals surface area contributed by atoms with E-state index in [1.165, 1.54) is 6.26 Å². The Kier molecular flexibility index (Phi) is 4.36. The second kappa shape index (κ2) is 6.55. The average molecular weight is 419 g/mol. The number of amides is 2. The summed E-state index contributed by atoms with van der Waals surface area (Å²) in [4.78, 5) is 26.8. The van der Waals surface area contributed by atoms with E-state index in [2.05, 4.69) is 21.2 Å². The van der Waals surface area contributed by atoms with E-state index < -0.39 is 5.60 Å². The number of aliphatic hydroxyl groups is 1. The number of fused-ring (bicyclic) bond motifs is 1. The second-order valence-corrected chi connectivity index (χ2v) is 7.82. The average Bonchev–Trinajstić information content (AvgIpc) is 3.32. The Morgan fingerprint density at radius 1 is 1.23 bits per heavy atom. The van der Waals surface area contributed by atoms with Crippen molar-refractivity contribution in [2.45, 2.75) is 30.9 Å². The zero-order chi connectivity index (χ0) is 18.3. The van der Waals surface area contributed by atoms with Gasteiger partial charge in [-0.2, -0.15) is 0 Å². The highest BCUT2D eigenvalue weighted by Gasteiger charge is 2.45. The van der Waals surface area contributed by atoms with Crippen LogP contribution in [0.5, 0.6) is 0 Å². The van der Waals surface area contributed by atoms with Crippen molar-refractivity contribution < 1.29 is 19.1 Å². The van der Waals surface area contributed by atoms with Crippen LogP contribution in [-0.2, 0) is 17.6 Å². The highest BCUT2D eigenvalue weighted by molar-refractivity contribution is 9.10. The standard InChI is InChI=1S/C19H19BrN2O4/c20-15-6-8-26-16(15)17(23)21-14-5-7-22(11-14)18(24)19(25)9-12-3-1-2-4-13(12)10-19/h1-4,6,8,14,25H,5,7,9-11H2,(H,21,23)/t14-/m1/s1. The lowest BCUT2D eigenvalue weighted by molar-refractivity contribution is -0.149. The fourth-order valence-electron chi connectivity index (χ4n) is 3.81. The lowest BCUT2D eigenvalue weighted by Gasteiger charge is -2.27. The van der Waals surface area contributed by atoms with Gasteiger partial charge < -0.3 is 19.7 Å². The molecule has 7 heteroatoms. The first-order valence-corrected chi connectivity index (χ1v) is 9.38. The second-order valence-electron chi connectivity index (χ2n) is 6.96. The van der Waals surface area contributed by atoms with E-state index in [0.717, 1.165) is 11.1 Å². The Morgan fingerprint density at radius 3 is 2.54 bits per heavy atom. The summed E-state index contributed by atoms with van der Waals surface area (Å²) in [6.45, 7) is 0.906. The van der Waals surface area contributed by atoms with Crippen LogP contribution in [0.25, 0.3) is 0 Å². The van der Waals surface area contributed by atoms with Crippen molar-refractivity contribution in [1.82, 2.24) is 10.2 Å². The van der Waals surface area contributed by atoms with Gasteiger partial charge in [-0.3, -0.25) is 9.59 Å². The predicted molar refractivity (Wildman–Crippen MR) is 97.7 cm³/mol. The van der Waals surface area contributed by atoms with Gasteiger partial charge in [0.05, 0.1) is 10.7 Å². The Balaban J connectivity index is 1.39. The molecule has 0 bridgehead atoms. The molecule has 2 heterocycles. The van der Waals surface area contributed by atoms with Crippen LogP contribution in [0.2, 0.25) is 0 Å². The monoisotopic (exact) mass is 418 g/mol. The van der Waals surface area contributed by atoms with E-state index in [0.29, 0.717) is 36.8 Å². The number of hydrogen-bond acceptors (Lipinski definition) is 4. The number of rotatable bonds is 3. The Labute approximate surface area is 159 Å². The van der Waals surface area contributed by atoms with Gasteiger partial charge in [-0.05, 0) is 39.5 Å². The highest BCUT2D eigenvalue weighted by atomic mass is 79.9. The molecule has 0 radical (unpaired) electrons. The zero-order valence-electron chi connectivity index (χ0n) is 14.1. The van der Waals surface area contributed by atoms with Crippen LogP contribution in [0.15, 0.2) is 45.5 Å². The molecular formula is C19H19BrN2O4. The third kappa shape index (κ3) is 3.05. The highest BCUT2D eigenvalue weighted by Crippen LogP contribution is 2.32. The van der Waals surface area contributed by atoms with Crippen molar-refractivity contribution in [1.29, 1.82) is 0 Å². The van der Waals surface area contributed by atoms with E-state index >= 15 is 0 Å². The molecule has 2 aliphatic rings. The minimum absolute atomic E-state index is 0.157. The van der Waals surface area contributed by atoms with Gasteiger partial charge in [-0.15, -0.1) is 0 Å². The summed E-state index contributed by atoms with van der Waals surface area (Å²) in [5, 5.41) is 13.8. The fraction of sp³-hybridized carbons (Fsp3) is 0.368. The van der Waals surface area contributed by atoms with Gasteiger partial charge in [0, 0.05) is 32.0 Å². The van der Waals surface area contributed by atoms with Crippen molar-refractivity contribution in [2.75, 3.05) is 13.1 Å². The summed E-state index contributed by atoms with van der Waals surface area (Å²) in [5.41, 5.74) is 0.664. The topological polar surface area (TPSA) is 82.8 Å². The summed E-state index contributed by atoms with van der Waals surface area (Å²) in [6.07, 6.45) is 2.78. The third-order valence-electron chi connectivity index (χ3n) is 5.12. The summed E-state index contributed by atoms with van der Waals surface area (Å²) in [6, 6.07) is 9.25. The van der Waals surface area contributed by atoms with Crippen LogP contribution in [-0.4, -0.2) is 46.6 Å². The van der Waals surface area contributed by atoms with Crippen molar-refractivity contribution in [2.24, 2.45) is 0 Å². The third-order valence-corrected chi connectivity index (χ3v) is 5.74. The molecule has 1 aliphatic heterocycles. The number of carbonyl (C=O) groups excluding carboxylic acids is 2. The summed E-state index contributed by atoms with van der Waals surface area (Å²) in [7, 11) is 0. The maximum atomic E-state index is 12.9. The summed E-state index contributed by atoms with van der Waals surface area (Å²) < 4.78 is 5.76. The first-order valence-electron chi connectivity index (χ1n) is 8.59. The minimum Gasteiger partial charge on any atom is -0.458 e. The number of carbonyl (C=O) groups is 2. The van der Waals surface area contributed by atoms with E-state index in [-0.39, 0.29) is 23.6 Å². The normalized spacial score (nSPS) is 20.8. The maximum absolute atomic E-state index is 12.9. The van der Waals surface area contributed by atoms with Gasteiger partial charge in [-0.1, -0.05) is 24.3 Å². The molecule has 1 fully saturated rings. The molecule has 1 aromatic heterocycles. The summed E-state index contributed by atoms with van der Waals surface area (Å²) >= 11 is 3.27. The lowest BCUT2D eigenvalue weighted by Crippen LogP contribution is -2.50. The molecular weight excluding hydrogens is 400 g/mol. The molecule has 2 amide bonds. The zero-order valence-corrected chi connectivity index (χ0v) is 15.7. The molecule has 2 aromatic rings. The molecule has 1 aromatic carbocycles. The maximum Gasteiger partial charge on any atom is 0.288 e. The number of likely N-dealkylation sites (tertiary alicyclic amines) is 1. The molecule has 6 nitrogen and oxygen atoms in total. The van der Waals surface area contributed by atoms with Gasteiger partial charge in [0.2, 0.25) is 5.76 Å². The number of furan rings is 1. The van der Waals surface area contributed by atoms with E-state index in [1.54, 1.807) is 11.0 Å². The molecule has 4 rings (SSSR count). The van der Waals surface area contributed by atoms with Gasteiger partial charge in [0.15, 0.2) is 5.60 Å². The largest absolute Gasteiger partial charge is 0.458 e. The van der Waals surface area contributed by atoms with E-state index in [1.807, 2.05) is 24.3 Å². The number of nitrogens with one attached hydrogen (secondary N) is 1. The SMILES string of the molecule is O=C(N[C@@H]1CCN(C(=O)C2(O)Cc3ccccc3C2)C1)c1occc1Br. The first kappa shape index (κ1) is 17.3. The minimum atomic E-state index is -1.38. The number of benzene rings is 1.